The molecule has 0 spiro atoms. The third-order valence-corrected chi connectivity index (χ3v) is 2.89. The summed E-state index contributed by atoms with van der Waals surface area (Å²) in [5.74, 6) is 0.298. The molecule has 2 nitrogen and oxygen atoms in total. The minimum Gasteiger partial charge on any atom is -0.361 e. The van der Waals surface area contributed by atoms with Crippen LogP contribution in [0.2, 0.25) is 0 Å². The van der Waals surface area contributed by atoms with Gasteiger partial charge >= 0.3 is 0 Å². The van der Waals surface area contributed by atoms with E-state index in [0.717, 1.165) is 30.5 Å². The second kappa shape index (κ2) is 4.97. The average Bonchev–Trinajstić information content (AvgIpc) is 2.28. The Bertz CT molecular complexity index is 420. The Labute approximate surface area is 96.4 Å². The van der Waals surface area contributed by atoms with Crippen molar-refractivity contribution in [3.63, 3.8) is 0 Å². The number of benzene rings is 1. The van der Waals surface area contributed by atoms with E-state index in [1.807, 2.05) is 18.3 Å². The highest BCUT2D eigenvalue weighted by Crippen LogP contribution is 2.20. The molecule has 2 rings (SSSR count). The molecule has 1 fully saturated rings. The third-order valence-electron chi connectivity index (χ3n) is 2.89. The SMILES string of the molecule is Cc1cccc(NC=C2CCCCC2=O)c1. The molecular formula is C14H17NO. The van der Waals surface area contributed by atoms with Crippen molar-refractivity contribution in [1.29, 1.82) is 0 Å². The Morgan fingerprint density at radius 2 is 2.06 bits per heavy atom. The minimum atomic E-state index is 0.298. The summed E-state index contributed by atoms with van der Waals surface area (Å²) >= 11 is 0. The molecule has 84 valence electrons. The van der Waals surface area contributed by atoms with E-state index in [0.29, 0.717) is 12.2 Å². The molecular weight excluding hydrogens is 198 g/mol. The summed E-state index contributed by atoms with van der Waals surface area (Å²) in [7, 11) is 0. The summed E-state index contributed by atoms with van der Waals surface area (Å²) in [6, 6.07) is 8.16. The van der Waals surface area contributed by atoms with Crippen LogP contribution in [0.5, 0.6) is 0 Å². The summed E-state index contributed by atoms with van der Waals surface area (Å²) in [6.45, 7) is 2.06. The van der Waals surface area contributed by atoms with E-state index in [2.05, 4.69) is 24.4 Å². The van der Waals surface area contributed by atoms with Crippen LogP contribution in [0.3, 0.4) is 0 Å². The molecule has 0 saturated heterocycles. The Kier molecular flexibility index (Phi) is 3.40. The first-order valence-corrected chi connectivity index (χ1v) is 5.81. The molecule has 1 aliphatic rings. The molecule has 16 heavy (non-hydrogen) atoms. The zero-order valence-corrected chi connectivity index (χ0v) is 9.62. The van der Waals surface area contributed by atoms with Crippen LogP contribution in [-0.4, -0.2) is 5.78 Å². The summed E-state index contributed by atoms with van der Waals surface area (Å²) in [5.41, 5.74) is 3.21. The van der Waals surface area contributed by atoms with Gasteiger partial charge in [0.25, 0.3) is 0 Å². The number of rotatable bonds is 2. The van der Waals surface area contributed by atoms with Crippen molar-refractivity contribution in [2.24, 2.45) is 0 Å². The molecule has 0 aliphatic heterocycles. The van der Waals surface area contributed by atoms with Crippen LogP contribution in [0, 0.1) is 6.92 Å². The Morgan fingerprint density at radius 1 is 1.25 bits per heavy atom. The first kappa shape index (κ1) is 10.9. The number of hydrogen-bond donors (Lipinski definition) is 1. The highest BCUT2D eigenvalue weighted by Gasteiger charge is 2.14. The fourth-order valence-corrected chi connectivity index (χ4v) is 1.96. The lowest BCUT2D eigenvalue weighted by Gasteiger charge is -2.12. The van der Waals surface area contributed by atoms with E-state index < -0.39 is 0 Å². The molecule has 1 saturated carbocycles. The van der Waals surface area contributed by atoms with E-state index >= 15 is 0 Å². The number of hydrogen-bond acceptors (Lipinski definition) is 2. The van der Waals surface area contributed by atoms with Crippen LogP contribution in [-0.2, 0) is 4.79 Å². The second-order valence-electron chi connectivity index (χ2n) is 4.31. The van der Waals surface area contributed by atoms with Gasteiger partial charge in [0.1, 0.15) is 0 Å². The topological polar surface area (TPSA) is 29.1 Å². The standard InChI is InChI=1S/C14H17NO/c1-11-5-4-7-13(9-11)15-10-12-6-2-3-8-14(12)16/h4-5,7,9-10,15H,2-3,6,8H2,1H3. The van der Waals surface area contributed by atoms with Crippen molar-refractivity contribution in [1.82, 2.24) is 0 Å². The second-order valence-corrected chi connectivity index (χ2v) is 4.31. The Morgan fingerprint density at radius 3 is 2.81 bits per heavy atom. The largest absolute Gasteiger partial charge is 0.361 e. The number of Topliss-reactive ketones (excluding diaryl/α,β-unsaturated/α-hetero) is 1. The van der Waals surface area contributed by atoms with Gasteiger partial charge in [-0.15, -0.1) is 0 Å². The molecule has 1 aliphatic carbocycles. The predicted octanol–water partition coefficient (Wildman–Crippen LogP) is 3.43. The van der Waals surface area contributed by atoms with Gasteiger partial charge in [-0.1, -0.05) is 12.1 Å². The molecule has 1 aromatic carbocycles. The lowest BCUT2D eigenvalue weighted by Crippen LogP contribution is -2.09. The van der Waals surface area contributed by atoms with Crippen LogP contribution >= 0.6 is 0 Å². The predicted molar refractivity (Wildman–Crippen MR) is 66.4 cm³/mol. The van der Waals surface area contributed by atoms with Gasteiger partial charge in [-0.05, 0) is 43.9 Å². The van der Waals surface area contributed by atoms with Crippen LogP contribution in [0.25, 0.3) is 0 Å². The van der Waals surface area contributed by atoms with E-state index in [1.165, 1.54) is 5.56 Å². The average molecular weight is 215 g/mol. The number of aryl methyl sites for hydroxylation is 1. The molecule has 1 N–H and O–H groups in total. The molecule has 0 heterocycles. The third kappa shape index (κ3) is 2.72. The van der Waals surface area contributed by atoms with Crippen molar-refractivity contribution < 1.29 is 4.79 Å². The van der Waals surface area contributed by atoms with E-state index in [1.54, 1.807) is 0 Å². The number of nitrogens with one attached hydrogen (secondary N) is 1. The molecule has 0 bridgehead atoms. The zero-order chi connectivity index (χ0) is 11.4. The normalized spacial score (nSPS) is 18.8. The monoisotopic (exact) mass is 215 g/mol. The zero-order valence-electron chi connectivity index (χ0n) is 9.62. The molecule has 1 aromatic rings. The van der Waals surface area contributed by atoms with Crippen molar-refractivity contribution in [3.05, 3.63) is 41.6 Å². The molecule has 0 amide bonds. The minimum absolute atomic E-state index is 0.298. The van der Waals surface area contributed by atoms with Crippen molar-refractivity contribution >= 4 is 11.5 Å². The fourth-order valence-electron chi connectivity index (χ4n) is 1.96. The summed E-state index contributed by atoms with van der Waals surface area (Å²) in [4.78, 5) is 11.6. The van der Waals surface area contributed by atoms with Crippen molar-refractivity contribution in [2.45, 2.75) is 32.6 Å². The lowest BCUT2D eigenvalue weighted by atomic mass is 9.94. The van der Waals surface area contributed by atoms with Crippen molar-refractivity contribution in [2.75, 3.05) is 5.32 Å². The quantitative estimate of drug-likeness (QED) is 0.766. The van der Waals surface area contributed by atoms with Crippen LogP contribution in [0.15, 0.2) is 36.0 Å². The van der Waals surface area contributed by atoms with Crippen LogP contribution in [0.1, 0.15) is 31.2 Å². The first-order valence-electron chi connectivity index (χ1n) is 5.81. The molecule has 0 unspecified atom stereocenters. The Balaban J connectivity index is 2.05. The number of allylic oxidation sites excluding steroid dienone is 1. The van der Waals surface area contributed by atoms with E-state index in [9.17, 15) is 4.79 Å². The molecule has 0 radical (unpaired) electrons. The highest BCUT2D eigenvalue weighted by atomic mass is 16.1. The maximum absolute atomic E-state index is 11.6. The van der Waals surface area contributed by atoms with Crippen molar-refractivity contribution in [3.8, 4) is 0 Å². The maximum Gasteiger partial charge on any atom is 0.160 e. The molecule has 2 heteroatoms. The summed E-state index contributed by atoms with van der Waals surface area (Å²) in [5, 5.41) is 3.20. The maximum atomic E-state index is 11.6. The van der Waals surface area contributed by atoms with Gasteiger partial charge in [0, 0.05) is 23.9 Å². The van der Waals surface area contributed by atoms with Gasteiger partial charge in [0.15, 0.2) is 5.78 Å². The Hall–Kier alpha value is -1.57. The smallest absolute Gasteiger partial charge is 0.160 e. The van der Waals surface area contributed by atoms with E-state index in [4.69, 9.17) is 0 Å². The highest BCUT2D eigenvalue weighted by molar-refractivity contribution is 5.96. The van der Waals surface area contributed by atoms with Crippen LogP contribution in [0.4, 0.5) is 5.69 Å². The summed E-state index contributed by atoms with van der Waals surface area (Å²) in [6.07, 6.45) is 5.67. The van der Waals surface area contributed by atoms with Crippen LogP contribution < -0.4 is 5.32 Å². The van der Waals surface area contributed by atoms with Gasteiger partial charge in [0.05, 0.1) is 0 Å². The number of carbonyl (C=O) groups is 1. The number of ketones is 1. The van der Waals surface area contributed by atoms with E-state index in [-0.39, 0.29) is 0 Å². The van der Waals surface area contributed by atoms with Gasteiger partial charge in [-0.25, -0.2) is 0 Å². The van der Waals surface area contributed by atoms with Gasteiger partial charge < -0.3 is 5.32 Å². The molecule has 0 aromatic heterocycles. The summed E-state index contributed by atoms with van der Waals surface area (Å²) < 4.78 is 0. The van der Waals surface area contributed by atoms with Gasteiger partial charge in [-0.3, -0.25) is 4.79 Å². The molecule has 0 atom stereocenters. The lowest BCUT2D eigenvalue weighted by molar-refractivity contribution is -0.116. The first-order chi connectivity index (χ1) is 7.75. The van der Waals surface area contributed by atoms with Gasteiger partial charge in [-0.2, -0.15) is 0 Å². The fraction of sp³-hybridized carbons (Fsp3) is 0.357. The number of anilines is 1. The van der Waals surface area contributed by atoms with Gasteiger partial charge in [0.2, 0.25) is 0 Å². The number of carbonyl (C=O) groups excluding carboxylic acids is 1.